The topological polar surface area (TPSA) is 92.6 Å². The average Bonchev–Trinajstić information content (AvgIpc) is 3.00. The van der Waals surface area contributed by atoms with Crippen LogP contribution < -0.4 is 10.2 Å². The number of carbonyl (C=O) groups excluding carboxylic acids is 2. The van der Waals surface area contributed by atoms with Gasteiger partial charge in [-0.3, -0.25) is 19.7 Å². The van der Waals surface area contributed by atoms with Gasteiger partial charge in [-0.15, -0.1) is 0 Å². The Kier molecular flexibility index (Phi) is 4.94. The Hall–Kier alpha value is -3.22. The monoisotopic (exact) mass is 367 g/mol. The Balaban J connectivity index is 1.81. The fourth-order valence-electron chi connectivity index (χ4n) is 3.34. The quantitative estimate of drug-likeness (QED) is 0.661. The first-order valence-electron chi connectivity index (χ1n) is 8.71. The van der Waals surface area contributed by atoms with Crippen LogP contribution in [0.5, 0.6) is 0 Å². The lowest BCUT2D eigenvalue weighted by atomic mass is 10.1. The molecule has 2 aromatic rings. The van der Waals surface area contributed by atoms with E-state index in [9.17, 15) is 19.7 Å². The number of benzene rings is 2. The van der Waals surface area contributed by atoms with Crippen molar-refractivity contribution in [3.05, 3.63) is 63.2 Å². The number of hydrogen-bond acceptors (Lipinski definition) is 4. The van der Waals surface area contributed by atoms with Crippen molar-refractivity contribution < 1.29 is 14.5 Å². The van der Waals surface area contributed by atoms with Crippen molar-refractivity contribution in [1.29, 1.82) is 0 Å². The number of rotatable bonds is 4. The van der Waals surface area contributed by atoms with Gasteiger partial charge in [-0.2, -0.15) is 0 Å². The number of anilines is 2. The molecule has 0 spiro atoms. The normalized spacial score (nSPS) is 16.5. The first-order chi connectivity index (χ1) is 12.8. The number of para-hydroxylation sites is 1. The molecule has 1 unspecified atom stereocenters. The van der Waals surface area contributed by atoms with Crippen LogP contribution in [-0.4, -0.2) is 23.3 Å². The molecule has 1 atom stereocenters. The zero-order valence-electron chi connectivity index (χ0n) is 15.5. The second-order valence-corrected chi connectivity index (χ2v) is 6.84. The number of nitro benzene ring substituents is 1. The summed E-state index contributed by atoms with van der Waals surface area (Å²) in [6.45, 7) is 5.88. The van der Waals surface area contributed by atoms with E-state index in [-0.39, 0.29) is 36.2 Å². The summed E-state index contributed by atoms with van der Waals surface area (Å²) >= 11 is 0. The van der Waals surface area contributed by atoms with Crippen LogP contribution in [0.1, 0.15) is 23.1 Å². The van der Waals surface area contributed by atoms with Gasteiger partial charge in [0.25, 0.3) is 5.69 Å². The van der Waals surface area contributed by atoms with Crippen LogP contribution in [0.4, 0.5) is 17.1 Å². The summed E-state index contributed by atoms with van der Waals surface area (Å²) in [5.74, 6) is -1.06. The number of nitrogens with zero attached hydrogens (tertiary/aromatic N) is 2. The molecular weight excluding hydrogens is 346 g/mol. The van der Waals surface area contributed by atoms with Gasteiger partial charge in [0.15, 0.2) is 0 Å². The lowest BCUT2D eigenvalue weighted by Gasteiger charge is -2.20. The molecule has 1 fully saturated rings. The Bertz CT molecular complexity index is 939. The minimum absolute atomic E-state index is 0.0822. The van der Waals surface area contributed by atoms with E-state index in [1.165, 1.54) is 6.07 Å². The second-order valence-electron chi connectivity index (χ2n) is 6.84. The molecule has 27 heavy (non-hydrogen) atoms. The molecule has 0 bridgehead atoms. The van der Waals surface area contributed by atoms with Crippen molar-refractivity contribution in [2.75, 3.05) is 16.8 Å². The zero-order chi connectivity index (χ0) is 19.7. The summed E-state index contributed by atoms with van der Waals surface area (Å²) in [5, 5.41) is 13.9. The maximum atomic E-state index is 12.7. The average molecular weight is 367 g/mol. The molecule has 2 amide bonds. The zero-order valence-corrected chi connectivity index (χ0v) is 15.5. The van der Waals surface area contributed by atoms with Gasteiger partial charge in [-0.1, -0.05) is 24.3 Å². The number of carbonyl (C=O) groups is 2. The van der Waals surface area contributed by atoms with E-state index in [2.05, 4.69) is 5.32 Å². The molecule has 0 aliphatic carbocycles. The molecule has 7 nitrogen and oxygen atoms in total. The van der Waals surface area contributed by atoms with E-state index in [1.807, 2.05) is 32.0 Å². The SMILES string of the molecule is Cc1cccc(N2CC(C(=O)Nc3c(C)cccc3[N+](=O)[O-])CC2=O)c1C. The van der Waals surface area contributed by atoms with Crippen LogP contribution in [0.25, 0.3) is 0 Å². The van der Waals surface area contributed by atoms with Crippen molar-refractivity contribution in [3.8, 4) is 0 Å². The maximum absolute atomic E-state index is 12.7. The highest BCUT2D eigenvalue weighted by atomic mass is 16.6. The van der Waals surface area contributed by atoms with Gasteiger partial charge in [0.05, 0.1) is 10.8 Å². The van der Waals surface area contributed by atoms with Crippen LogP contribution in [0.15, 0.2) is 36.4 Å². The molecular formula is C20H21N3O4. The fourth-order valence-corrected chi connectivity index (χ4v) is 3.34. The molecule has 7 heteroatoms. The van der Waals surface area contributed by atoms with Crippen molar-refractivity contribution in [3.63, 3.8) is 0 Å². The maximum Gasteiger partial charge on any atom is 0.293 e. The molecule has 1 heterocycles. The second kappa shape index (κ2) is 7.19. The molecule has 1 aliphatic rings. The fraction of sp³-hybridized carbons (Fsp3) is 0.300. The molecule has 1 aliphatic heterocycles. The Morgan fingerprint density at radius 3 is 2.52 bits per heavy atom. The third-order valence-corrected chi connectivity index (χ3v) is 5.06. The summed E-state index contributed by atoms with van der Waals surface area (Å²) in [5.41, 5.74) is 3.51. The molecule has 1 N–H and O–H groups in total. The lowest BCUT2D eigenvalue weighted by molar-refractivity contribution is -0.384. The standard InChI is InChI=1S/C20H21N3O4/c1-12-6-4-8-16(14(12)3)22-11-15(10-18(22)24)20(25)21-19-13(2)7-5-9-17(19)23(26)27/h4-9,15H,10-11H2,1-3H3,(H,21,25). The van der Waals surface area contributed by atoms with E-state index in [0.29, 0.717) is 5.56 Å². The minimum atomic E-state index is -0.559. The van der Waals surface area contributed by atoms with Crippen LogP contribution in [0.2, 0.25) is 0 Å². The lowest BCUT2D eigenvalue weighted by Crippen LogP contribution is -2.29. The van der Waals surface area contributed by atoms with Crippen LogP contribution in [-0.2, 0) is 9.59 Å². The molecule has 140 valence electrons. The first-order valence-corrected chi connectivity index (χ1v) is 8.71. The molecule has 0 radical (unpaired) electrons. The van der Waals surface area contributed by atoms with Gasteiger partial charge in [-0.25, -0.2) is 0 Å². The highest BCUT2D eigenvalue weighted by molar-refractivity contribution is 6.04. The van der Waals surface area contributed by atoms with E-state index >= 15 is 0 Å². The van der Waals surface area contributed by atoms with Gasteiger partial charge in [0, 0.05) is 24.7 Å². The number of nitrogens with one attached hydrogen (secondary N) is 1. The van der Waals surface area contributed by atoms with Crippen molar-refractivity contribution in [2.45, 2.75) is 27.2 Å². The van der Waals surface area contributed by atoms with E-state index < -0.39 is 10.8 Å². The summed E-state index contributed by atoms with van der Waals surface area (Å²) in [4.78, 5) is 37.5. The Labute approximate surface area is 157 Å². The van der Waals surface area contributed by atoms with E-state index in [0.717, 1.165) is 16.8 Å². The Morgan fingerprint density at radius 2 is 1.81 bits per heavy atom. The van der Waals surface area contributed by atoms with Crippen molar-refractivity contribution in [1.82, 2.24) is 0 Å². The van der Waals surface area contributed by atoms with Gasteiger partial charge in [0.1, 0.15) is 5.69 Å². The molecule has 0 aromatic heterocycles. The highest BCUT2D eigenvalue weighted by Crippen LogP contribution is 2.32. The van der Waals surface area contributed by atoms with Crippen molar-refractivity contribution >= 4 is 28.9 Å². The number of aryl methyl sites for hydroxylation is 2. The molecule has 1 saturated heterocycles. The van der Waals surface area contributed by atoms with Gasteiger partial charge in [0.2, 0.25) is 11.8 Å². The van der Waals surface area contributed by atoms with Crippen LogP contribution in [0.3, 0.4) is 0 Å². The predicted molar refractivity (Wildman–Crippen MR) is 103 cm³/mol. The first kappa shape index (κ1) is 18.6. The van der Waals surface area contributed by atoms with E-state index in [1.54, 1.807) is 24.0 Å². The number of hydrogen-bond donors (Lipinski definition) is 1. The highest BCUT2D eigenvalue weighted by Gasteiger charge is 2.36. The Morgan fingerprint density at radius 1 is 1.15 bits per heavy atom. The summed E-state index contributed by atoms with van der Waals surface area (Å²) < 4.78 is 0. The molecule has 0 saturated carbocycles. The summed E-state index contributed by atoms with van der Waals surface area (Å²) in [6, 6.07) is 10.3. The van der Waals surface area contributed by atoms with Crippen LogP contribution >= 0.6 is 0 Å². The number of amides is 2. The number of nitro groups is 1. The molecule has 2 aromatic carbocycles. The largest absolute Gasteiger partial charge is 0.320 e. The smallest absolute Gasteiger partial charge is 0.293 e. The van der Waals surface area contributed by atoms with Crippen LogP contribution in [0, 0.1) is 36.8 Å². The van der Waals surface area contributed by atoms with Crippen molar-refractivity contribution in [2.24, 2.45) is 5.92 Å². The third kappa shape index (κ3) is 3.53. The van der Waals surface area contributed by atoms with E-state index in [4.69, 9.17) is 0 Å². The summed E-state index contributed by atoms with van der Waals surface area (Å²) in [6.07, 6.45) is 0.0822. The minimum Gasteiger partial charge on any atom is -0.320 e. The summed E-state index contributed by atoms with van der Waals surface area (Å²) in [7, 11) is 0. The predicted octanol–water partition coefficient (Wildman–Crippen LogP) is 3.51. The van der Waals surface area contributed by atoms with Gasteiger partial charge >= 0.3 is 0 Å². The molecule has 3 rings (SSSR count). The van der Waals surface area contributed by atoms with Gasteiger partial charge < -0.3 is 10.2 Å². The third-order valence-electron chi connectivity index (χ3n) is 5.06. The van der Waals surface area contributed by atoms with Gasteiger partial charge in [-0.05, 0) is 43.5 Å².